The van der Waals surface area contributed by atoms with Gasteiger partial charge in [0.2, 0.25) is 11.8 Å². The number of esters is 1. The summed E-state index contributed by atoms with van der Waals surface area (Å²) >= 11 is 0. The summed E-state index contributed by atoms with van der Waals surface area (Å²) in [4.78, 5) is 20.1. The normalized spacial score (nSPS) is 24.5. The van der Waals surface area contributed by atoms with Gasteiger partial charge in [0, 0.05) is 31.1 Å². The van der Waals surface area contributed by atoms with Crippen LogP contribution in [0.5, 0.6) is 5.88 Å². The number of anilines is 1. The highest BCUT2D eigenvalue weighted by atomic mass is 19.4. The Balaban J connectivity index is 1.26. The molecule has 2 fully saturated rings. The van der Waals surface area contributed by atoms with Crippen LogP contribution in [0.4, 0.5) is 19.1 Å². The van der Waals surface area contributed by atoms with Gasteiger partial charge in [-0.05, 0) is 32.6 Å². The van der Waals surface area contributed by atoms with Gasteiger partial charge in [0.1, 0.15) is 23.3 Å². The van der Waals surface area contributed by atoms with E-state index in [1.165, 1.54) is 0 Å². The molecule has 3 atom stereocenters. The molecule has 2 aliphatic heterocycles. The number of fused-ring (bicyclic) bond motifs is 1. The fourth-order valence-electron chi connectivity index (χ4n) is 5.01. The van der Waals surface area contributed by atoms with Crippen molar-refractivity contribution < 1.29 is 32.2 Å². The van der Waals surface area contributed by atoms with Gasteiger partial charge in [0.05, 0.1) is 25.7 Å². The molecular formula is C23H29F3N6O4. The molecule has 1 saturated heterocycles. The van der Waals surface area contributed by atoms with Gasteiger partial charge in [0.15, 0.2) is 0 Å². The Morgan fingerprint density at radius 1 is 1.25 bits per heavy atom. The molecule has 196 valence electrons. The van der Waals surface area contributed by atoms with Crippen molar-refractivity contribution in [1.82, 2.24) is 24.7 Å². The first-order valence-electron chi connectivity index (χ1n) is 12.4. The second kappa shape index (κ2) is 10.2. The first-order valence-corrected chi connectivity index (χ1v) is 12.4. The lowest BCUT2D eigenvalue weighted by Crippen LogP contribution is -2.39. The number of halogens is 3. The van der Waals surface area contributed by atoms with Crippen LogP contribution in [0.15, 0.2) is 6.20 Å². The number of aromatic nitrogens is 5. The summed E-state index contributed by atoms with van der Waals surface area (Å²) in [6.07, 6.45) is 0.285. The molecule has 0 radical (unpaired) electrons. The van der Waals surface area contributed by atoms with E-state index in [0.717, 1.165) is 43.5 Å². The average Bonchev–Trinajstić information content (AvgIpc) is 3.24. The molecular weight excluding hydrogens is 481 g/mol. The molecule has 0 bridgehead atoms. The van der Waals surface area contributed by atoms with Crippen LogP contribution in [0.1, 0.15) is 62.2 Å². The predicted octanol–water partition coefficient (Wildman–Crippen LogP) is 3.13. The Morgan fingerprint density at radius 2 is 2.08 bits per heavy atom. The fraction of sp³-hybridized carbons (Fsp3) is 0.696. The molecule has 36 heavy (non-hydrogen) atoms. The van der Waals surface area contributed by atoms with E-state index in [1.54, 1.807) is 6.92 Å². The highest BCUT2D eigenvalue weighted by molar-refractivity contribution is 5.72. The van der Waals surface area contributed by atoms with Gasteiger partial charge < -0.3 is 24.1 Å². The standard InChI is InChI=1S/C23H29F3N6O4/c1-2-35-21(33)14-6-7-32-18(9-14)30-31-19(32)13-4-3-5-15(8-13)28-22-27-10-17(23(24,25)26)20(29-22)36-16-11-34-12-16/h10,13-16H,2-9,11-12H2,1H3,(H,27,28,29)/t13-,14?,15+/m0/s1. The number of alkyl halides is 3. The maximum Gasteiger partial charge on any atom is 0.423 e. The van der Waals surface area contributed by atoms with Crippen LogP contribution in [0.25, 0.3) is 0 Å². The van der Waals surface area contributed by atoms with E-state index in [2.05, 4.69) is 30.0 Å². The van der Waals surface area contributed by atoms with Crippen LogP contribution in [0, 0.1) is 5.92 Å². The Hall–Kier alpha value is -2.96. The third-order valence-electron chi connectivity index (χ3n) is 6.92. The van der Waals surface area contributed by atoms with E-state index in [0.29, 0.717) is 26.0 Å². The quantitative estimate of drug-likeness (QED) is 0.561. The number of carbonyl (C=O) groups excluding carboxylic acids is 1. The predicted molar refractivity (Wildman–Crippen MR) is 119 cm³/mol. The lowest BCUT2D eigenvalue weighted by molar-refractivity contribution is -0.148. The number of hydrogen-bond donors (Lipinski definition) is 1. The van der Waals surface area contributed by atoms with Gasteiger partial charge in [-0.25, -0.2) is 4.98 Å². The number of ether oxygens (including phenoxy) is 3. The topological polar surface area (TPSA) is 113 Å². The largest absolute Gasteiger partial charge is 0.469 e. The average molecular weight is 511 g/mol. The van der Waals surface area contributed by atoms with E-state index in [1.807, 2.05) is 0 Å². The summed E-state index contributed by atoms with van der Waals surface area (Å²) in [5.74, 6) is 1.04. The van der Waals surface area contributed by atoms with E-state index in [-0.39, 0.29) is 43.0 Å². The van der Waals surface area contributed by atoms with Crippen molar-refractivity contribution in [3.8, 4) is 5.88 Å². The molecule has 1 N–H and O–H groups in total. The third kappa shape index (κ3) is 5.25. The number of nitrogens with one attached hydrogen (secondary N) is 1. The van der Waals surface area contributed by atoms with Gasteiger partial charge in [-0.15, -0.1) is 10.2 Å². The van der Waals surface area contributed by atoms with Gasteiger partial charge in [-0.2, -0.15) is 18.2 Å². The molecule has 4 heterocycles. The maximum absolute atomic E-state index is 13.4. The summed E-state index contributed by atoms with van der Waals surface area (Å²) in [7, 11) is 0. The summed E-state index contributed by atoms with van der Waals surface area (Å²) in [5, 5.41) is 12.0. The summed E-state index contributed by atoms with van der Waals surface area (Å²) in [5.41, 5.74) is -1.00. The van der Waals surface area contributed by atoms with Gasteiger partial charge >= 0.3 is 12.1 Å². The highest BCUT2D eigenvalue weighted by Crippen LogP contribution is 2.38. The van der Waals surface area contributed by atoms with E-state index in [9.17, 15) is 18.0 Å². The first kappa shape index (κ1) is 24.7. The van der Waals surface area contributed by atoms with E-state index < -0.39 is 23.7 Å². The molecule has 2 aromatic rings. The second-order valence-electron chi connectivity index (χ2n) is 9.46. The summed E-state index contributed by atoms with van der Waals surface area (Å²) in [6, 6.07) is -0.0378. The molecule has 13 heteroatoms. The molecule has 5 rings (SSSR count). The lowest BCUT2D eigenvalue weighted by Gasteiger charge is -2.31. The first-order chi connectivity index (χ1) is 17.3. The van der Waals surface area contributed by atoms with Crippen LogP contribution in [0.2, 0.25) is 0 Å². The molecule has 1 aliphatic carbocycles. The minimum atomic E-state index is -4.62. The Kier molecular flexibility index (Phi) is 7.00. The van der Waals surface area contributed by atoms with Gasteiger partial charge in [-0.1, -0.05) is 6.42 Å². The zero-order valence-corrected chi connectivity index (χ0v) is 20.0. The van der Waals surface area contributed by atoms with Crippen LogP contribution in [-0.2, 0) is 33.4 Å². The molecule has 3 aliphatic rings. The minimum Gasteiger partial charge on any atom is -0.469 e. The van der Waals surface area contributed by atoms with Crippen molar-refractivity contribution in [2.24, 2.45) is 5.92 Å². The van der Waals surface area contributed by atoms with E-state index >= 15 is 0 Å². The number of nitrogens with zero attached hydrogens (tertiary/aromatic N) is 5. The molecule has 2 aromatic heterocycles. The van der Waals surface area contributed by atoms with Crippen LogP contribution in [-0.4, -0.2) is 62.7 Å². The van der Waals surface area contributed by atoms with Crippen molar-refractivity contribution in [2.75, 3.05) is 25.1 Å². The summed E-state index contributed by atoms with van der Waals surface area (Å²) in [6.45, 7) is 3.27. The molecule has 1 saturated carbocycles. The number of carbonyl (C=O) groups is 1. The van der Waals surface area contributed by atoms with Crippen molar-refractivity contribution in [1.29, 1.82) is 0 Å². The Morgan fingerprint density at radius 3 is 2.81 bits per heavy atom. The van der Waals surface area contributed by atoms with Crippen molar-refractivity contribution in [2.45, 2.75) is 76.2 Å². The second-order valence-corrected chi connectivity index (χ2v) is 9.46. The lowest BCUT2D eigenvalue weighted by atomic mass is 9.85. The van der Waals surface area contributed by atoms with Gasteiger partial charge in [0.25, 0.3) is 0 Å². The van der Waals surface area contributed by atoms with Crippen LogP contribution >= 0.6 is 0 Å². The molecule has 0 spiro atoms. The van der Waals surface area contributed by atoms with Gasteiger partial charge in [-0.3, -0.25) is 4.79 Å². The van der Waals surface area contributed by atoms with E-state index in [4.69, 9.17) is 14.2 Å². The number of rotatable bonds is 7. The molecule has 0 amide bonds. The minimum absolute atomic E-state index is 0.0378. The monoisotopic (exact) mass is 510 g/mol. The molecule has 1 unspecified atom stereocenters. The smallest absolute Gasteiger partial charge is 0.423 e. The van der Waals surface area contributed by atoms with Crippen molar-refractivity contribution in [3.63, 3.8) is 0 Å². The zero-order valence-electron chi connectivity index (χ0n) is 20.0. The summed E-state index contributed by atoms with van der Waals surface area (Å²) < 4.78 is 57.9. The van der Waals surface area contributed by atoms with Crippen molar-refractivity contribution in [3.05, 3.63) is 23.4 Å². The maximum atomic E-state index is 13.4. The SMILES string of the molecule is CCOC(=O)C1CCn2c(nnc2[C@H]2CCC[C@@H](Nc3ncc(C(F)(F)F)c(OC4COC4)n3)C2)C1. The van der Waals surface area contributed by atoms with Crippen LogP contribution < -0.4 is 10.1 Å². The Bertz CT molecular complexity index is 1090. The Labute approximate surface area is 205 Å². The van der Waals surface area contributed by atoms with Crippen molar-refractivity contribution >= 4 is 11.9 Å². The van der Waals surface area contributed by atoms with Crippen LogP contribution in [0.3, 0.4) is 0 Å². The fourth-order valence-corrected chi connectivity index (χ4v) is 5.01. The zero-order chi connectivity index (χ0) is 25.3. The molecule has 0 aromatic carbocycles. The number of hydrogen-bond acceptors (Lipinski definition) is 9. The third-order valence-corrected chi connectivity index (χ3v) is 6.92. The highest BCUT2D eigenvalue weighted by Gasteiger charge is 2.38. The molecule has 10 nitrogen and oxygen atoms in total.